The van der Waals surface area contributed by atoms with E-state index in [4.69, 9.17) is 4.42 Å². The number of hydrogen-bond acceptors (Lipinski definition) is 5. The molecule has 1 fully saturated rings. The monoisotopic (exact) mass is 308 g/mol. The van der Waals surface area contributed by atoms with Crippen LogP contribution in [0.4, 0.5) is 4.79 Å². The normalized spacial score (nSPS) is 16.8. The minimum atomic E-state index is -0.843. The Morgan fingerprint density at radius 2 is 2.00 bits per heavy atom. The summed E-state index contributed by atoms with van der Waals surface area (Å²) in [4.78, 5) is 37.2. The smallest absolute Gasteiger partial charge is 0.374 e. The molecular weight excluding hydrogens is 288 g/mol. The van der Waals surface area contributed by atoms with Crippen molar-refractivity contribution in [3.63, 3.8) is 0 Å². The summed E-state index contributed by atoms with van der Waals surface area (Å²) in [5.74, 6) is -0.403. The molecular formula is C15H20N2O5. The minimum absolute atomic E-state index is 0.00967. The van der Waals surface area contributed by atoms with Gasteiger partial charge in [-0.1, -0.05) is 13.8 Å². The Morgan fingerprint density at radius 3 is 2.50 bits per heavy atom. The van der Waals surface area contributed by atoms with Gasteiger partial charge in [0, 0.05) is 5.56 Å². The van der Waals surface area contributed by atoms with E-state index in [0.717, 1.165) is 4.90 Å². The van der Waals surface area contributed by atoms with E-state index in [1.54, 1.807) is 13.0 Å². The zero-order chi connectivity index (χ0) is 16.5. The second-order valence-corrected chi connectivity index (χ2v) is 5.33. The largest absolute Gasteiger partial charge is 0.463 e. The van der Waals surface area contributed by atoms with Crippen LogP contribution in [0.15, 0.2) is 10.5 Å². The van der Waals surface area contributed by atoms with Crippen molar-refractivity contribution in [2.75, 3.05) is 7.11 Å². The lowest BCUT2D eigenvalue weighted by molar-refractivity contribution is -0.132. The molecule has 7 heteroatoms. The van der Waals surface area contributed by atoms with Crippen molar-refractivity contribution in [3.05, 3.63) is 23.2 Å². The quantitative estimate of drug-likeness (QED) is 0.663. The molecule has 1 aliphatic rings. The molecule has 0 bridgehead atoms. The molecule has 0 radical (unpaired) electrons. The maximum absolute atomic E-state index is 12.5. The standard InChI is InChI=1S/C15H20N2O5/c1-5-15(6-2)13(19)17(14(20)16-15)8-10-7-9(3)11(22-10)12(18)21-4/h7H,5-6,8H2,1-4H3,(H,16,20). The lowest BCUT2D eigenvalue weighted by Gasteiger charge is -2.22. The van der Waals surface area contributed by atoms with Crippen LogP contribution < -0.4 is 5.32 Å². The number of hydrogen-bond donors (Lipinski definition) is 1. The SMILES string of the molecule is CCC1(CC)NC(=O)N(Cc2cc(C)c(C(=O)OC)o2)C1=O. The van der Waals surface area contributed by atoms with Crippen molar-refractivity contribution in [3.8, 4) is 0 Å². The molecule has 7 nitrogen and oxygen atoms in total. The number of furan rings is 1. The minimum Gasteiger partial charge on any atom is -0.463 e. The van der Waals surface area contributed by atoms with Crippen molar-refractivity contribution >= 4 is 17.9 Å². The predicted molar refractivity (Wildman–Crippen MR) is 77.2 cm³/mol. The first-order valence-corrected chi connectivity index (χ1v) is 7.20. The third-order valence-corrected chi connectivity index (χ3v) is 4.11. The second-order valence-electron chi connectivity index (χ2n) is 5.33. The molecule has 0 unspecified atom stereocenters. The molecule has 1 aromatic rings. The van der Waals surface area contributed by atoms with Gasteiger partial charge in [-0.2, -0.15) is 0 Å². The Kier molecular flexibility index (Phi) is 4.25. The molecule has 2 rings (SSSR count). The van der Waals surface area contributed by atoms with Crippen LogP contribution in [-0.2, 0) is 16.1 Å². The third-order valence-electron chi connectivity index (χ3n) is 4.11. The van der Waals surface area contributed by atoms with Crippen LogP contribution in [-0.4, -0.2) is 35.5 Å². The van der Waals surface area contributed by atoms with Crippen LogP contribution in [0.3, 0.4) is 0 Å². The fourth-order valence-corrected chi connectivity index (χ4v) is 2.63. The maximum atomic E-state index is 12.5. The number of nitrogens with zero attached hydrogens (tertiary/aromatic N) is 1. The third kappa shape index (κ3) is 2.47. The van der Waals surface area contributed by atoms with Gasteiger partial charge < -0.3 is 14.5 Å². The number of esters is 1. The Hall–Kier alpha value is -2.31. The average molecular weight is 308 g/mol. The van der Waals surface area contributed by atoms with Gasteiger partial charge in [-0.15, -0.1) is 0 Å². The molecule has 1 aromatic heterocycles. The van der Waals surface area contributed by atoms with Gasteiger partial charge in [0.15, 0.2) is 0 Å². The molecule has 3 amide bonds. The number of amides is 3. The fourth-order valence-electron chi connectivity index (χ4n) is 2.63. The highest BCUT2D eigenvalue weighted by Gasteiger charge is 2.48. The van der Waals surface area contributed by atoms with Crippen molar-refractivity contribution in [2.24, 2.45) is 0 Å². The number of ether oxygens (including phenoxy) is 1. The number of carbonyl (C=O) groups excluding carboxylic acids is 3. The Balaban J connectivity index is 2.23. The Bertz CT molecular complexity index is 615. The average Bonchev–Trinajstić information content (AvgIpc) is 2.99. The van der Waals surface area contributed by atoms with E-state index in [-0.39, 0.29) is 18.2 Å². The summed E-state index contributed by atoms with van der Waals surface area (Å²) < 4.78 is 10.0. The lowest BCUT2D eigenvalue weighted by Crippen LogP contribution is -2.45. The first-order valence-electron chi connectivity index (χ1n) is 7.20. The van der Waals surface area contributed by atoms with Crippen molar-refractivity contribution < 1.29 is 23.5 Å². The van der Waals surface area contributed by atoms with Gasteiger partial charge in [-0.05, 0) is 25.8 Å². The molecule has 120 valence electrons. The Morgan fingerprint density at radius 1 is 1.36 bits per heavy atom. The van der Waals surface area contributed by atoms with E-state index < -0.39 is 17.5 Å². The predicted octanol–water partition coefficient (Wildman–Crippen LogP) is 1.99. The van der Waals surface area contributed by atoms with Crippen LogP contribution in [0.2, 0.25) is 0 Å². The van der Waals surface area contributed by atoms with Crippen molar-refractivity contribution in [1.29, 1.82) is 0 Å². The molecule has 0 aromatic carbocycles. The first-order chi connectivity index (χ1) is 10.4. The van der Waals surface area contributed by atoms with E-state index in [2.05, 4.69) is 10.1 Å². The van der Waals surface area contributed by atoms with Gasteiger partial charge in [0.05, 0.1) is 13.7 Å². The summed E-state index contributed by atoms with van der Waals surface area (Å²) in [6.45, 7) is 5.41. The van der Waals surface area contributed by atoms with Crippen molar-refractivity contribution in [2.45, 2.75) is 45.7 Å². The summed E-state index contributed by atoms with van der Waals surface area (Å²) in [7, 11) is 1.26. The summed E-state index contributed by atoms with van der Waals surface area (Å²) in [5, 5.41) is 2.75. The number of nitrogens with one attached hydrogen (secondary N) is 1. The Labute approximate surface area is 128 Å². The zero-order valence-corrected chi connectivity index (χ0v) is 13.2. The number of urea groups is 1. The maximum Gasteiger partial charge on any atom is 0.374 e. The van der Waals surface area contributed by atoms with Crippen LogP contribution in [0.25, 0.3) is 0 Å². The zero-order valence-electron chi connectivity index (χ0n) is 13.2. The topological polar surface area (TPSA) is 88.8 Å². The molecule has 2 heterocycles. The van der Waals surface area contributed by atoms with E-state index >= 15 is 0 Å². The molecule has 0 aliphatic carbocycles. The van der Waals surface area contributed by atoms with Gasteiger partial charge in [0.2, 0.25) is 5.76 Å². The highest BCUT2D eigenvalue weighted by molar-refractivity contribution is 6.06. The molecule has 0 saturated carbocycles. The van der Waals surface area contributed by atoms with E-state index in [9.17, 15) is 14.4 Å². The highest BCUT2D eigenvalue weighted by Crippen LogP contribution is 2.27. The molecule has 0 atom stereocenters. The van der Waals surface area contributed by atoms with Gasteiger partial charge in [-0.3, -0.25) is 9.69 Å². The number of rotatable bonds is 5. The van der Waals surface area contributed by atoms with Gasteiger partial charge in [0.1, 0.15) is 11.3 Å². The fraction of sp³-hybridized carbons (Fsp3) is 0.533. The summed E-state index contributed by atoms with van der Waals surface area (Å²) >= 11 is 0. The van der Waals surface area contributed by atoms with E-state index in [0.29, 0.717) is 24.2 Å². The molecule has 22 heavy (non-hydrogen) atoms. The van der Waals surface area contributed by atoms with Crippen LogP contribution in [0.5, 0.6) is 0 Å². The summed E-state index contributed by atoms with van der Waals surface area (Å²) in [6.07, 6.45) is 1.05. The summed E-state index contributed by atoms with van der Waals surface area (Å²) in [6, 6.07) is 1.19. The number of imide groups is 1. The van der Waals surface area contributed by atoms with Gasteiger partial charge in [0.25, 0.3) is 5.91 Å². The highest BCUT2D eigenvalue weighted by atomic mass is 16.5. The van der Waals surface area contributed by atoms with Gasteiger partial charge >= 0.3 is 12.0 Å². The van der Waals surface area contributed by atoms with Gasteiger partial charge in [-0.25, -0.2) is 9.59 Å². The summed E-state index contributed by atoms with van der Waals surface area (Å²) in [5.41, 5.74) is -0.240. The molecule has 1 N–H and O–H groups in total. The lowest BCUT2D eigenvalue weighted by atomic mass is 9.93. The number of carbonyl (C=O) groups is 3. The van der Waals surface area contributed by atoms with Crippen LogP contribution in [0, 0.1) is 6.92 Å². The first kappa shape index (κ1) is 16.1. The second kappa shape index (κ2) is 5.82. The van der Waals surface area contributed by atoms with Crippen molar-refractivity contribution in [1.82, 2.24) is 10.2 Å². The molecule has 1 saturated heterocycles. The van der Waals surface area contributed by atoms with E-state index in [1.807, 2.05) is 13.8 Å². The van der Waals surface area contributed by atoms with E-state index in [1.165, 1.54) is 7.11 Å². The molecule has 0 spiro atoms. The number of methoxy groups -OCH3 is 1. The number of aryl methyl sites for hydroxylation is 1. The van der Waals surface area contributed by atoms with Crippen LogP contribution >= 0.6 is 0 Å². The molecule has 1 aliphatic heterocycles. The van der Waals surface area contributed by atoms with Crippen LogP contribution in [0.1, 0.15) is 48.6 Å².